The normalized spacial score (nSPS) is 10.7. The highest BCUT2D eigenvalue weighted by molar-refractivity contribution is 6.32. The van der Waals surface area contributed by atoms with Gasteiger partial charge in [0.15, 0.2) is 0 Å². The number of benzene rings is 1. The summed E-state index contributed by atoms with van der Waals surface area (Å²) in [4.78, 5) is 14.4. The van der Waals surface area contributed by atoms with Crippen LogP contribution >= 0.6 is 11.6 Å². The van der Waals surface area contributed by atoms with Gasteiger partial charge in [0, 0.05) is 35.8 Å². The number of carbonyl (C=O) groups is 1. The number of fused-ring (bicyclic) bond motifs is 1. The molecule has 0 aliphatic rings. The average Bonchev–Trinajstić information content (AvgIpc) is 3.19. The zero-order valence-electron chi connectivity index (χ0n) is 12.4. The molecule has 3 rings (SSSR count). The van der Waals surface area contributed by atoms with Crippen molar-refractivity contribution in [1.82, 2.24) is 20.8 Å². The largest absolute Gasteiger partial charge is 0.486 e. The molecule has 0 aliphatic heterocycles. The van der Waals surface area contributed by atoms with Crippen molar-refractivity contribution in [3.05, 3.63) is 46.9 Å². The first-order chi connectivity index (χ1) is 11.2. The van der Waals surface area contributed by atoms with Crippen LogP contribution in [-0.2, 0) is 13.2 Å². The quantitative estimate of drug-likeness (QED) is 0.669. The topological polar surface area (TPSA) is 92.2 Å². The van der Waals surface area contributed by atoms with Crippen LogP contribution in [-0.4, -0.2) is 23.2 Å². The third-order valence-corrected chi connectivity index (χ3v) is 3.56. The number of rotatable bonds is 5. The summed E-state index contributed by atoms with van der Waals surface area (Å²) in [5.74, 6) is 0.551. The maximum atomic E-state index is 11.2. The zero-order chi connectivity index (χ0) is 16.2. The number of amides is 2. The summed E-state index contributed by atoms with van der Waals surface area (Å²) in [5, 5.41) is 10.4. The Morgan fingerprint density at radius 2 is 2.30 bits per heavy atom. The van der Waals surface area contributed by atoms with Crippen molar-refractivity contribution in [2.75, 3.05) is 7.05 Å². The van der Waals surface area contributed by atoms with Gasteiger partial charge < -0.3 is 24.9 Å². The maximum absolute atomic E-state index is 11.2. The van der Waals surface area contributed by atoms with Crippen LogP contribution in [0.5, 0.6) is 5.75 Å². The SMILES string of the molecule is CNC(=O)NCc1cc2cc(Cl)c(OCc3ccon3)cc2[nH]1. The van der Waals surface area contributed by atoms with Crippen LogP contribution < -0.4 is 15.4 Å². The second-order valence-corrected chi connectivity index (χ2v) is 5.28. The molecule has 2 amide bonds. The van der Waals surface area contributed by atoms with Crippen molar-refractivity contribution in [3.8, 4) is 5.75 Å². The van der Waals surface area contributed by atoms with Gasteiger partial charge in [-0.05, 0) is 12.1 Å². The van der Waals surface area contributed by atoms with E-state index >= 15 is 0 Å². The lowest BCUT2D eigenvalue weighted by Gasteiger charge is -2.06. The Morgan fingerprint density at radius 3 is 3.04 bits per heavy atom. The maximum Gasteiger partial charge on any atom is 0.314 e. The number of hydrogen-bond acceptors (Lipinski definition) is 4. The fraction of sp³-hybridized carbons (Fsp3) is 0.200. The summed E-state index contributed by atoms with van der Waals surface area (Å²) in [6, 6.07) is 7.05. The van der Waals surface area contributed by atoms with Crippen LogP contribution in [0.1, 0.15) is 11.4 Å². The zero-order valence-corrected chi connectivity index (χ0v) is 13.1. The minimum absolute atomic E-state index is 0.238. The number of nitrogens with one attached hydrogen (secondary N) is 3. The Morgan fingerprint density at radius 1 is 1.43 bits per heavy atom. The highest BCUT2D eigenvalue weighted by atomic mass is 35.5. The number of aromatic nitrogens is 2. The summed E-state index contributed by atoms with van der Waals surface area (Å²) in [6.07, 6.45) is 1.49. The summed E-state index contributed by atoms with van der Waals surface area (Å²) in [7, 11) is 1.57. The molecule has 0 aliphatic carbocycles. The third kappa shape index (κ3) is 3.57. The van der Waals surface area contributed by atoms with Crippen LogP contribution in [0.2, 0.25) is 5.02 Å². The van der Waals surface area contributed by atoms with E-state index in [-0.39, 0.29) is 12.6 Å². The predicted octanol–water partition coefficient (Wildman–Crippen LogP) is 2.82. The second kappa shape index (κ2) is 6.62. The molecular weight excluding hydrogens is 320 g/mol. The first kappa shape index (κ1) is 15.2. The molecule has 2 aromatic heterocycles. The van der Waals surface area contributed by atoms with E-state index in [1.54, 1.807) is 13.1 Å². The predicted molar refractivity (Wildman–Crippen MR) is 85.4 cm³/mol. The molecule has 0 unspecified atom stereocenters. The minimum Gasteiger partial charge on any atom is -0.486 e. The molecule has 0 spiro atoms. The molecule has 0 saturated carbocycles. The molecule has 2 heterocycles. The highest BCUT2D eigenvalue weighted by Gasteiger charge is 2.09. The van der Waals surface area contributed by atoms with Crippen LogP contribution in [0, 0.1) is 0 Å². The molecular formula is C15H15ClN4O3. The van der Waals surface area contributed by atoms with E-state index in [1.807, 2.05) is 18.2 Å². The average molecular weight is 335 g/mol. The summed E-state index contributed by atoms with van der Waals surface area (Å²) >= 11 is 6.24. The Kier molecular flexibility index (Phi) is 4.38. The molecule has 0 radical (unpaired) electrons. The molecule has 7 nitrogen and oxygen atoms in total. The lowest BCUT2D eigenvalue weighted by atomic mass is 10.2. The monoisotopic (exact) mass is 334 g/mol. The van der Waals surface area contributed by atoms with Gasteiger partial charge in [0.2, 0.25) is 0 Å². The molecule has 1 aromatic carbocycles. The second-order valence-electron chi connectivity index (χ2n) is 4.88. The number of urea groups is 1. The van der Waals surface area contributed by atoms with Gasteiger partial charge in [-0.2, -0.15) is 0 Å². The number of ether oxygens (including phenoxy) is 1. The number of aromatic amines is 1. The van der Waals surface area contributed by atoms with Gasteiger partial charge in [-0.1, -0.05) is 16.8 Å². The summed E-state index contributed by atoms with van der Waals surface area (Å²) in [6.45, 7) is 0.661. The summed E-state index contributed by atoms with van der Waals surface area (Å²) < 4.78 is 10.4. The lowest BCUT2D eigenvalue weighted by molar-refractivity contribution is 0.242. The minimum atomic E-state index is -0.238. The van der Waals surface area contributed by atoms with Crippen LogP contribution in [0.15, 0.2) is 35.1 Å². The van der Waals surface area contributed by atoms with Gasteiger partial charge in [0.1, 0.15) is 24.3 Å². The fourth-order valence-electron chi connectivity index (χ4n) is 2.13. The fourth-order valence-corrected chi connectivity index (χ4v) is 2.35. The molecule has 0 bridgehead atoms. The molecule has 3 aromatic rings. The third-order valence-electron chi connectivity index (χ3n) is 3.26. The van der Waals surface area contributed by atoms with Crippen molar-refractivity contribution in [2.45, 2.75) is 13.2 Å². The number of hydrogen-bond donors (Lipinski definition) is 3. The van der Waals surface area contributed by atoms with Crippen molar-refractivity contribution in [2.24, 2.45) is 0 Å². The Bertz CT molecular complexity index is 814. The number of halogens is 1. The van der Waals surface area contributed by atoms with Gasteiger partial charge in [0.05, 0.1) is 11.6 Å². The van der Waals surface area contributed by atoms with Gasteiger partial charge in [-0.15, -0.1) is 0 Å². The highest BCUT2D eigenvalue weighted by Crippen LogP contribution is 2.31. The van der Waals surface area contributed by atoms with E-state index < -0.39 is 0 Å². The van der Waals surface area contributed by atoms with E-state index in [2.05, 4.69) is 20.8 Å². The van der Waals surface area contributed by atoms with E-state index in [0.29, 0.717) is 23.0 Å². The van der Waals surface area contributed by atoms with Crippen molar-refractivity contribution in [1.29, 1.82) is 0 Å². The first-order valence-corrected chi connectivity index (χ1v) is 7.32. The lowest BCUT2D eigenvalue weighted by Crippen LogP contribution is -2.32. The molecule has 120 valence electrons. The number of carbonyl (C=O) groups excluding carboxylic acids is 1. The van der Waals surface area contributed by atoms with Gasteiger partial charge in [-0.3, -0.25) is 0 Å². The van der Waals surface area contributed by atoms with Gasteiger partial charge in [0.25, 0.3) is 0 Å². The van der Waals surface area contributed by atoms with Gasteiger partial charge in [-0.25, -0.2) is 4.79 Å². The number of nitrogens with zero attached hydrogens (tertiary/aromatic N) is 1. The van der Waals surface area contributed by atoms with Crippen LogP contribution in [0.3, 0.4) is 0 Å². The smallest absolute Gasteiger partial charge is 0.314 e. The van der Waals surface area contributed by atoms with E-state index in [1.165, 1.54) is 6.26 Å². The molecule has 0 fully saturated rings. The standard InChI is InChI=1S/C15H15ClN4O3/c1-17-15(21)18-7-11-4-9-5-12(16)14(6-13(9)19-11)22-8-10-2-3-23-20-10/h2-6,19H,7-8H2,1H3,(H2,17,18,21). The molecule has 0 atom stereocenters. The Hall–Kier alpha value is -2.67. The van der Waals surface area contributed by atoms with Crippen molar-refractivity contribution >= 4 is 28.5 Å². The number of H-pyrrole nitrogens is 1. The Labute approximate surface area is 136 Å². The van der Waals surface area contributed by atoms with Crippen molar-refractivity contribution < 1.29 is 14.1 Å². The van der Waals surface area contributed by atoms with Crippen molar-refractivity contribution in [3.63, 3.8) is 0 Å². The molecule has 23 heavy (non-hydrogen) atoms. The first-order valence-electron chi connectivity index (χ1n) is 6.94. The van der Waals surface area contributed by atoms with Gasteiger partial charge >= 0.3 is 6.03 Å². The molecule has 3 N–H and O–H groups in total. The molecule has 0 saturated heterocycles. The van der Waals surface area contributed by atoms with E-state index in [9.17, 15) is 4.79 Å². The summed E-state index contributed by atoms with van der Waals surface area (Å²) in [5.41, 5.74) is 2.43. The Balaban J connectivity index is 1.75. The van der Waals surface area contributed by atoms with E-state index in [4.69, 9.17) is 20.9 Å². The van der Waals surface area contributed by atoms with Crippen LogP contribution in [0.4, 0.5) is 4.79 Å². The van der Waals surface area contributed by atoms with E-state index in [0.717, 1.165) is 16.6 Å². The van der Waals surface area contributed by atoms with Crippen LogP contribution in [0.25, 0.3) is 10.9 Å². The molecule has 8 heteroatoms.